The second-order valence-electron chi connectivity index (χ2n) is 5.21. The van der Waals surface area contributed by atoms with E-state index in [4.69, 9.17) is 4.74 Å². The van der Waals surface area contributed by atoms with Gasteiger partial charge < -0.3 is 10.1 Å². The highest BCUT2D eigenvalue weighted by Gasteiger charge is 2.42. The van der Waals surface area contributed by atoms with Crippen LogP contribution in [0, 0.1) is 0 Å². The molecule has 0 radical (unpaired) electrons. The second kappa shape index (κ2) is 6.32. The topological polar surface area (TPSA) is 67.4 Å². The van der Waals surface area contributed by atoms with E-state index in [2.05, 4.69) is 10.0 Å². The summed E-state index contributed by atoms with van der Waals surface area (Å²) in [6.07, 6.45) is 4.96. The van der Waals surface area contributed by atoms with Gasteiger partial charge in [0.25, 0.3) is 0 Å². The van der Waals surface area contributed by atoms with Gasteiger partial charge in [0, 0.05) is 0 Å². The van der Waals surface area contributed by atoms with E-state index in [1.807, 2.05) is 6.92 Å². The number of hydrogen-bond donors (Lipinski definition) is 2. The number of unbranched alkanes of at least 4 members (excludes halogenated alkanes) is 1. The maximum atomic E-state index is 11.9. The van der Waals surface area contributed by atoms with Gasteiger partial charge in [0.2, 0.25) is 10.0 Å². The third-order valence-corrected chi connectivity index (χ3v) is 5.19. The zero-order valence-corrected chi connectivity index (χ0v) is 11.8. The Morgan fingerprint density at radius 3 is 2.72 bits per heavy atom. The first-order valence-corrected chi connectivity index (χ1v) is 8.62. The van der Waals surface area contributed by atoms with E-state index < -0.39 is 10.0 Å². The quantitative estimate of drug-likeness (QED) is 0.638. The number of nitrogens with one attached hydrogen (secondary N) is 2. The lowest BCUT2D eigenvalue weighted by Crippen LogP contribution is -2.42. The molecule has 3 atom stereocenters. The Hall–Kier alpha value is -0.170. The van der Waals surface area contributed by atoms with E-state index in [1.54, 1.807) is 0 Å². The first kappa shape index (κ1) is 14.2. The fraction of sp³-hybridized carbons (Fsp3) is 1.00. The summed E-state index contributed by atoms with van der Waals surface area (Å²) in [6, 6.07) is 0.0162. The first-order chi connectivity index (χ1) is 8.61. The van der Waals surface area contributed by atoms with E-state index in [9.17, 15) is 8.42 Å². The Labute approximate surface area is 110 Å². The summed E-state index contributed by atoms with van der Waals surface area (Å²) in [5.74, 6) is 0.228. The van der Waals surface area contributed by atoms with Crippen LogP contribution in [0.5, 0.6) is 0 Å². The van der Waals surface area contributed by atoms with E-state index in [0.29, 0.717) is 6.42 Å². The van der Waals surface area contributed by atoms with Crippen LogP contribution >= 0.6 is 0 Å². The van der Waals surface area contributed by atoms with Crippen molar-refractivity contribution >= 4 is 10.0 Å². The number of ether oxygens (including phenoxy) is 1. The third kappa shape index (κ3) is 3.91. The van der Waals surface area contributed by atoms with Crippen molar-refractivity contribution in [2.75, 3.05) is 18.8 Å². The van der Waals surface area contributed by atoms with Crippen LogP contribution in [0.1, 0.15) is 39.0 Å². The van der Waals surface area contributed by atoms with Crippen LogP contribution in [0.3, 0.4) is 0 Å². The predicted octanol–water partition coefficient (Wildman–Crippen LogP) is 0.615. The molecule has 6 heteroatoms. The molecule has 0 amide bonds. The van der Waals surface area contributed by atoms with Gasteiger partial charge in [-0.3, -0.25) is 0 Å². The van der Waals surface area contributed by atoms with Crippen LogP contribution in [0.2, 0.25) is 0 Å². The molecule has 2 aliphatic rings. The lowest BCUT2D eigenvalue weighted by molar-refractivity contribution is 0.0996. The van der Waals surface area contributed by atoms with Crippen molar-refractivity contribution in [2.24, 2.45) is 0 Å². The van der Waals surface area contributed by atoms with Crippen LogP contribution in [-0.2, 0) is 14.8 Å². The molecular weight excluding hydrogens is 252 g/mol. The molecule has 2 fully saturated rings. The van der Waals surface area contributed by atoms with Crippen LogP contribution in [0.4, 0.5) is 0 Å². The van der Waals surface area contributed by atoms with Gasteiger partial charge >= 0.3 is 0 Å². The highest BCUT2D eigenvalue weighted by molar-refractivity contribution is 7.89. The molecule has 0 saturated carbocycles. The molecule has 2 aliphatic heterocycles. The fourth-order valence-electron chi connectivity index (χ4n) is 2.77. The van der Waals surface area contributed by atoms with Gasteiger partial charge in [0.05, 0.1) is 24.0 Å². The Kier molecular flexibility index (Phi) is 5.00. The molecule has 3 unspecified atom stereocenters. The van der Waals surface area contributed by atoms with Gasteiger partial charge in [-0.15, -0.1) is 0 Å². The zero-order chi connectivity index (χ0) is 13.0. The molecule has 106 valence electrons. The van der Waals surface area contributed by atoms with E-state index in [0.717, 1.165) is 38.8 Å². The summed E-state index contributed by atoms with van der Waals surface area (Å²) >= 11 is 0. The zero-order valence-electron chi connectivity index (χ0n) is 11.0. The second-order valence-corrected chi connectivity index (χ2v) is 7.09. The standard InChI is InChI=1S/C12H24N2O3S/c1-2-13-7-3-4-8-18(15,16)14-11-9-10-5-6-12(11)17-10/h10-14H,2-9H2,1H3. The number of sulfonamides is 1. The summed E-state index contributed by atoms with van der Waals surface area (Å²) in [5.41, 5.74) is 0. The van der Waals surface area contributed by atoms with Gasteiger partial charge in [-0.25, -0.2) is 13.1 Å². The van der Waals surface area contributed by atoms with Crippen molar-refractivity contribution < 1.29 is 13.2 Å². The third-order valence-electron chi connectivity index (χ3n) is 3.70. The normalized spacial score (nSPS) is 31.1. The predicted molar refractivity (Wildman–Crippen MR) is 71.0 cm³/mol. The van der Waals surface area contributed by atoms with Gasteiger partial charge in [0.1, 0.15) is 0 Å². The minimum atomic E-state index is -3.13. The Balaban J connectivity index is 1.67. The molecule has 2 rings (SSSR count). The van der Waals surface area contributed by atoms with E-state index in [-0.39, 0.29) is 24.0 Å². The molecule has 0 spiro atoms. The molecule has 2 heterocycles. The summed E-state index contributed by atoms with van der Waals surface area (Å²) in [6.45, 7) is 3.88. The van der Waals surface area contributed by atoms with Crippen LogP contribution in [0.25, 0.3) is 0 Å². The number of rotatable bonds is 8. The molecule has 2 saturated heterocycles. The van der Waals surface area contributed by atoms with Crippen molar-refractivity contribution in [3.05, 3.63) is 0 Å². The number of fused-ring (bicyclic) bond motifs is 2. The summed E-state index contributed by atoms with van der Waals surface area (Å²) in [4.78, 5) is 0. The molecule has 2 bridgehead atoms. The minimum absolute atomic E-state index is 0.0162. The first-order valence-electron chi connectivity index (χ1n) is 6.97. The van der Waals surface area contributed by atoms with Crippen LogP contribution in [-0.4, -0.2) is 45.5 Å². The smallest absolute Gasteiger partial charge is 0.211 e. The maximum absolute atomic E-state index is 11.9. The SMILES string of the molecule is CCNCCCCS(=O)(=O)NC1CC2CCC1O2. The van der Waals surface area contributed by atoms with Crippen molar-refractivity contribution in [1.82, 2.24) is 10.0 Å². The Morgan fingerprint density at radius 2 is 2.11 bits per heavy atom. The molecule has 0 aromatic heterocycles. The summed E-state index contributed by atoms with van der Waals surface area (Å²) < 4.78 is 32.3. The lowest BCUT2D eigenvalue weighted by atomic mass is 9.96. The van der Waals surface area contributed by atoms with Crippen LogP contribution < -0.4 is 10.0 Å². The number of hydrogen-bond acceptors (Lipinski definition) is 4. The maximum Gasteiger partial charge on any atom is 0.211 e. The van der Waals surface area contributed by atoms with E-state index in [1.165, 1.54) is 0 Å². The monoisotopic (exact) mass is 276 g/mol. The van der Waals surface area contributed by atoms with Gasteiger partial charge in [-0.1, -0.05) is 6.92 Å². The molecule has 0 aromatic rings. The molecule has 0 aliphatic carbocycles. The molecule has 2 N–H and O–H groups in total. The van der Waals surface area contributed by atoms with E-state index >= 15 is 0 Å². The molecule has 5 nitrogen and oxygen atoms in total. The molecular formula is C12H24N2O3S. The van der Waals surface area contributed by atoms with Gasteiger partial charge in [0.15, 0.2) is 0 Å². The molecule has 18 heavy (non-hydrogen) atoms. The van der Waals surface area contributed by atoms with Gasteiger partial charge in [-0.2, -0.15) is 0 Å². The van der Waals surface area contributed by atoms with Crippen molar-refractivity contribution in [1.29, 1.82) is 0 Å². The van der Waals surface area contributed by atoms with Crippen molar-refractivity contribution in [3.8, 4) is 0 Å². The minimum Gasteiger partial charge on any atom is -0.373 e. The average molecular weight is 276 g/mol. The fourth-order valence-corrected chi connectivity index (χ4v) is 4.18. The molecule has 0 aromatic carbocycles. The summed E-state index contributed by atoms with van der Waals surface area (Å²) in [5, 5.41) is 3.19. The van der Waals surface area contributed by atoms with Crippen molar-refractivity contribution in [2.45, 2.75) is 57.3 Å². The van der Waals surface area contributed by atoms with Crippen molar-refractivity contribution in [3.63, 3.8) is 0 Å². The largest absolute Gasteiger partial charge is 0.373 e. The Bertz CT molecular complexity index is 358. The summed E-state index contributed by atoms with van der Waals surface area (Å²) in [7, 11) is -3.13. The lowest BCUT2D eigenvalue weighted by Gasteiger charge is -2.19. The van der Waals surface area contributed by atoms with Gasteiger partial charge in [-0.05, 0) is 45.2 Å². The average Bonchev–Trinajstić information content (AvgIpc) is 2.90. The Morgan fingerprint density at radius 1 is 1.28 bits per heavy atom. The van der Waals surface area contributed by atoms with Crippen LogP contribution in [0.15, 0.2) is 0 Å². The highest BCUT2D eigenvalue weighted by Crippen LogP contribution is 2.34. The highest BCUT2D eigenvalue weighted by atomic mass is 32.2.